The topological polar surface area (TPSA) is 65.3 Å². The second-order valence-electron chi connectivity index (χ2n) is 3.39. The van der Waals surface area contributed by atoms with Crippen LogP contribution in [0.5, 0.6) is 11.6 Å². The highest BCUT2D eigenvalue weighted by molar-refractivity contribution is 6.42. The Balaban J connectivity index is 2.44. The third-order valence-corrected chi connectivity index (χ3v) is 3.04. The number of halogens is 3. The van der Waals surface area contributed by atoms with Gasteiger partial charge in [0.15, 0.2) is 0 Å². The number of ether oxygens (including phenoxy) is 1. The van der Waals surface area contributed by atoms with Gasteiger partial charge in [-0.3, -0.25) is 10.1 Å². The number of rotatable bonds is 3. The summed E-state index contributed by atoms with van der Waals surface area (Å²) in [6.45, 7) is 0. The van der Waals surface area contributed by atoms with Crippen molar-refractivity contribution < 1.29 is 9.66 Å². The van der Waals surface area contributed by atoms with Gasteiger partial charge in [0.2, 0.25) is 11.6 Å². The molecule has 0 aliphatic heterocycles. The Morgan fingerprint density at radius 2 is 1.84 bits per heavy atom. The molecule has 0 spiro atoms. The van der Waals surface area contributed by atoms with Crippen molar-refractivity contribution in [3.05, 3.63) is 55.6 Å². The van der Waals surface area contributed by atoms with Crippen LogP contribution in [0, 0.1) is 10.1 Å². The predicted molar refractivity (Wildman–Crippen MR) is 72.4 cm³/mol. The first kappa shape index (κ1) is 13.9. The Labute approximate surface area is 122 Å². The lowest BCUT2D eigenvalue weighted by atomic mass is 10.3. The molecule has 0 atom stereocenters. The van der Waals surface area contributed by atoms with E-state index in [1.54, 1.807) is 12.1 Å². The van der Waals surface area contributed by atoms with Gasteiger partial charge in [-0.15, -0.1) is 0 Å². The fraction of sp³-hybridized carbons (Fsp3) is 0. The molecule has 8 heteroatoms. The highest BCUT2D eigenvalue weighted by atomic mass is 35.5. The first-order chi connectivity index (χ1) is 8.97. The third-order valence-electron chi connectivity index (χ3n) is 2.10. The van der Waals surface area contributed by atoms with Gasteiger partial charge in [0.25, 0.3) is 0 Å². The van der Waals surface area contributed by atoms with Crippen LogP contribution < -0.4 is 4.74 Å². The van der Waals surface area contributed by atoms with Crippen LogP contribution in [0.25, 0.3) is 0 Å². The van der Waals surface area contributed by atoms with E-state index < -0.39 is 4.92 Å². The van der Waals surface area contributed by atoms with Gasteiger partial charge in [-0.2, -0.15) is 0 Å². The Kier molecular flexibility index (Phi) is 4.09. The molecule has 0 aliphatic carbocycles. The summed E-state index contributed by atoms with van der Waals surface area (Å²) >= 11 is 17.2. The molecular weight excluding hydrogens is 314 g/mol. The zero-order chi connectivity index (χ0) is 14.0. The summed E-state index contributed by atoms with van der Waals surface area (Å²) in [7, 11) is 0. The molecular formula is C11H5Cl3N2O3. The van der Waals surface area contributed by atoms with Crippen molar-refractivity contribution in [1.29, 1.82) is 0 Å². The normalized spacial score (nSPS) is 10.3. The van der Waals surface area contributed by atoms with Crippen LogP contribution in [0.2, 0.25) is 15.2 Å². The van der Waals surface area contributed by atoms with E-state index in [9.17, 15) is 10.1 Å². The molecule has 0 saturated heterocycles. The Morgan fingerprint density at radius 3 is 2.47 bits per heavy atom. The summed E-state index contributed by atoms with van der Waals surface area (Å²) in [5.74, 6) is 0.0585. The molecule has 0 radical (unpaired) electrons. The van der Waals surface area contributed by atoms with Crippen LogP contribution in [-0.2, 0) is 0 Å². The van der Waals surface area contributed by atoms with E-state index in [0.717, 1.165) is 6.07 Å². The summed E-state index contributed by atoms with van der Waals surface area (Å²) in [6, 6.07) is 7.04. The lowest BCUT2D eigenvalue weighted by Crippen LogP contribution is -1.95. The zero-order valence-electron chi connectivity index (χ0n) is 9.14. The van der Waals surface area contributed by atoms with Crippen molar-refractivity contribution in [2.24, 2.45) is 0 Å². The number of benzene rings is 1. The van der Waals surface area contributed by atoms with Crippen LogP contribution in [-0.4, -0.2) is 9.91 Å². The Morgan fingerprint density at radius 1 is 1.16 bits per heavy atom. The number of nitro benzene ring substituents is 1. The highest BCUT2D eigenvalue weighted by Gasteiger charge is 2.19. The van der Waals surface area contributed by atoms with E-state index in [1.807, 2.05) is 0 Å². The molecule has 1 aromatic heterocycles. The van der Waals surface area contributed by atoms with Gasteiger partial charge in [-0.1, -0.05) is 40.9 Å². The minimum absolute atomic E-state index is 0.0610. The first-order valence-electron chi connectivity index (χ1n) is 4.91. The van der Waals surface area contributed by atoms with Gasteiger partial charge in [0.05, 0.1) is 15.0 Å². The Bertz CT molecular complexity index is 649. The molecule has 0 N–H and O–H groups in total. The number of hydrogen-bond donors (Lipinski definition) is 0. The largest absolute Gasteiger partial charge is 0.432 e. The monoisotopic (exact) mass is 318 g/mol. The fourth-order valence-corrected chi connectivity index (χ4v) is 1.77. The van der Waals surface area contributed by atoms with Crippen molar-refractivity contribution in [1.82, 2.24) is 4.98 Å². The molecule has 1 heterocycles. The van der Waals surface area contributed by atoms with Crippen LogP contribution >= 0.6 is 34.8 Å². The summed E-state index contributed by atoms with van der Waals surface area (Å²) in [4.78, 5) is 14.2. The van der Waals surface area contributed by atoms with Gasteiger partial charge >= 0.3 is 5.69 Å². The van der Waals surface area contributed by atoms with Gasteiger partial charge in [0.1, 0.15) is 5.15 Å². The van der Waals surface area contributed by atoms with Gasteiger partial charge in [-0.25, -0.2) is 4.98 Å². The number of nitrogens with zero attached hydrogens (tertiary/aromatic N) is 2. The second-order valence-corrected chi connectivity index (χ2v) is 4.59. The van der Waals surface area contributed by atoms with Gasteiger partial charge in [-0.05, 0) is 6.07 Å². The van der Waals surface area contributed by atoms with Crippen molar-refractivity contribution in [2.45, 2.75) is 0 Å². The molecule has 0 amide bonds. The smallest absolute Gasteiger partial charge is 0.313 e. The van der Waals surface area contributed by atoms with Crippen LogP contribution in [0.1, 0.15) is 0 Å². The van der Waals surface area contributed by atoms with E-state index in [4.69, 9.17) is 39.5 Å². The molecule has 19 heavy (non-hydrogen) atoms. The second kappa shape index (κ2) is 5.61. The maximum atomic E-state index is 10.9. The molecule has 2 rings (SSSR count). The lowest BCUT2D eigenvalue weighted by Gasteiger charge is -2.06. The van der Waals surface area contributed by atoms with E-state index in [2.05, 4.69) is 4.98 Å². The minimum atomic E-state index is -0.623. The maximum absolute atomic E-state index is 10.9. The highest BCUT2D eigenvalue weighted by Crippen LogP contribution is 2.37. The van der Waals surface area contributed by atoms with Crippen molar-refractivity contribution in [3.63, 3.8) is 0 Å². The number of pyridine rings is 1. The molecule has 0 unspecified atom stereocenters. The SMILES string of the molecule is O=[N+]([O-])c1cc(Cl)c(Cl)cc1Oc1cccc(Cl)n1. The molecule has 0 fully saturated rings. The molecule has 0 saturated carbocycles. The molecule has 98 valence electrons. The number of hydrogen-bond acceptors (Lipinski definition) is 4. The number of aromatic nitrogens is 1. The molecule has 0 bridgehead atoms. The van der Waals surface area contributed by atoms with E-state index in [0.29, 0.717) is 0 Å². The molecule has 0 aliphatic rings. The van der Waals surface area contributed by atoms with E-state index >= 15 is 0 Å². The average Bonchev–Trinajstić information content (AvgIpc) is 2.33. The van der Waals surface area contributed by atoms with Gasteiger partial charge < -0.3 is 4.74 Å². The fourth-order valence-electron chi connectivity index (χ4n) is 1.30. The van der Waals surface area contributed by atoms with Crippen molar-refractivity contribution in [2.75, 3.05) is 0 Å². The Hall–Kier alpha value is -1.56. The number of nitro groups is 1. The summed E-state index contributed by atoms with van der Waals surface area (Å²) in [5, 5.41) is 11.3. The summed E-state index contributed by atoms with van der Waals surface area (Å²) in [6.07, 6.45) is 0. The average molecular weight is 320 g/mol. The zero-order valence-corrected chi connectivity index (χ0v) is 11.4. The molecule has 1 aromatic carbocycles. The standard InChI is InChI=1S/C11H5Cl3N2O3/c12-6-4-8(16(17)18)9(5-7(6)13)19-11-3-1-2-10(14)15-11/h1-5H. The lowest BCUT2D eigenvalue weighted by molar-refractivity contribution is -0.385. The maximum Gasteiger partial charge on any atom is 0.313 e. The van der Waals surface area contributed by atoms with Crippen LogP contribution in [0.4, 0.5) is 5.69 Å². The van der Waals surface area contributed by atoms with Gasteiger partial charge in [0, 0.05) is 18.2 Å². The van der Waals surface area contributed by atoms with E-state index in [-0.39, 0.29) is 32.5 Å². The first-order valence-corrected chi connectivity index (χ1v) is 6.04. The predicted octanol–water partition coefficient (Wildman–Crippen LogP) is 4.74. The minimum Gasteiger partial charge on any atom is -0.432 e. The summed E-state index contributed by atoms with van der Waals surface area (Å²) < 4.78 is 5.31. The third kappa shape index (κ3) is 3.26. The molecule has 5 nitrogen and oxygen atoms in total. The van der Waals surface area contributed by atoms with Crippen molar-refractivity contribution in [3.8, 4) is 11.6 Å². The summed E-state index contributed by atoms with van der Waals surface area (Å²) in [5.41, 5.74) is -0.309. The van der Waals surface area contributed by atoms with Crippen molar-refractivity contribution >= 4 is 40.5 Å². The van der Waals surface area contributed by atoms with Crippen LogP contribution in [0.15, 0.2) is 30.3 Å². The molecule has 2 aromatic rings. The quantitative estimate of drug-likeness (QED) is 0.465. The van der Waals surface area contributed by atoms with E-state index in [1.165, 1.54) is 12.1 Å². The van der Waals surface area contributed by atoms with Crippen LogP contribution in [0.3, 0.4) is 0 Å².